The average Bonchev–Trinajstić information content (AvgIpc) is 2.79. The first-order valence-electron chi connectivity index (χ1n) is 10.5. The van der Waals surface area contributed by atoms with Crippen LogP contribution in [0.15, 0.2) is 54.6 Å². The summed E-state index contributed by atoms with van der Waals surface area (Å²) in [5, 5.41) is 4.83. The second-order valence-corrected chi connectivity index (χ2v) is 7.56. The number of alkyl halides is 3. The molecule has 1 aliphatic rings. The Kier molecular flexibility index (Phi) is 8.24. The predicted octanol–water partition coefficient (Wildman–Crippen LogP) is 3.61. The number of hydrogen-bond donors (Lipinski definition) is 2. The van der Waals surface area contributed by atoms with Crippen molar-refractivity contribution in [2.75, 3.05) is 38.1 Å². The summed E-state index contributed by atoms with van der Waals surface area (Å²) < 4.78 is 43.6. The lowest BCUT2D eigenvalue weighted by atomic mass is 10.1. The van der Waals surface area contributed by atoms with E-state index in [1.807, 2.05) is 18.2 Å². The lowest BCUT2D eigenvalue weighted by Gasteiger charge is -2.33. The number of carbonyl (C=O) groups excluding carboxylic acids is 2. The SMILES string of the molecule is O=C(NCCCCN1CCO[C@H](c2ccccc2)C1)C(=O)Nc1ccc(C(F)(F)F)cc1. The molecule has 2 amide bonds. The van der Waals surface area contributed by atoms with E-state index in [9.17, 15) is 22.8 Å². The van der Waals surface area contributed by atoms with Crippen molar-refractivity contribution in [3.63, 3.8) is 0 Å². The normalized spacial score (nSPS) is 17.0. The van der Waals surface area contributed by atoms with E-state index in [0.717, 1.165) is 55.9 Å². The number of carbonyl (C=O) groups is 2. The van der Waals surface area contributed by atoms with Gasteiger partial charge in [0.05, 0.1) is 18.3 Å². The topological polar surface area (TPSA) is 70.7 Å². The minimum Gasteiger partial charge on any atom is -0.371 e. The van der Waals surface area contributed by atoms with E-state index in [-0.39, 0.29) is 11.8 Å². The molecule has 0 saturated carbocycles. The van der Waals surface area contributed by atoms with Gasteiger partial charge in [-0.3, -0.25) is 14.5 Å². The first-order valence-corrected chi connectivity index (χ1v) is 10.5. The summed E-state index contributed by atoms with van der Waals surface area (Å²) in [5.74, 6) is -1.73. The molecule has 9 heteroatoms. The zero-order valence-corrected chi connectivity index (χ0v) is 17.5. The first kappa shape index (κ1) is 23.7. The van der Waals surface area contributed by atoms with Crippen LogP contribution in [0.2, 0.25) is 0 Å². The number of hydrogen-bond acceptors (Lipinski definition) is 4. The number of amides is 2. The van der Waals surface area contributed by atoms with Crippen molar-refractivity contribution >= 4 is 17.5 Å². The Balaban J connectivity index is 1.33. The van der Waals surface area contributed by atoms with Crippen LogP contribution in [-0.2, 0) is 20.5 Å². The van der Waals surface area contributed by atoms with Crippen LogP contribution in [0, 0.1) is 0 Å². The van der Waals surface area contributed by atoms with Crippen LogP contribution in [0.4, 0.5) is 18.9 Å². The molecule has 32 heavy (non-hydrogen) atoms. The number of ether oxygens (including phenoxy) is 1. The highest BCUT2D eigenvalue weighted by Crippen LogP contribution is 2.29. The Labute approximate surface area is 184 Å². The third kappa shape index (κ3) is 7.06. The van der Waals surface area contributed by atoms with Crippen LogP contribution in [0.1, 0.15) is 30.1 Å². The van der Waals surface area contributed by atoms with E-state index in [4.69, 9.17) is 4.74 Å². The fraction of sp³-hybridized carbons (Fsp3) is 0.391. The van der Waals surface area contributed by atoms with Crippen molar-refractivity contribution < 1.29 is 27.5 Å². The molecular formula is C23H26F3N3O3. The second kappa shape index (κ2) is 11.1. The van der Waals surface area contributed by atoms with Gasteiger partial charge >= 0.3 is 18.0 Å². The highest BCUT2D eigenvalue weighted by Gasteiger charge is 2.30. The summed E-state index contributed by atoms with van der Waals surface area (Å²) in [4.78, 5) is 26.1. The number of benzene rings is 2. The minimum absolute atomic E-state index is 0.0542. The van der Waals surface area contributed by atoms with E-state index >= 15 is 0 Å². The van der Waals surface area contributed by atoms with Crippen molar-refractivity contribution in [3.8, 4) is 0 Å². The molecule has 0 unspecified atom stereocenters. The molecule has 2 aromatic carbocycles. The van der Waals surface area contributed by atoms with Gasteiger partial charge in [-0.05, 0) is 49.2 Å². The first-order chi connectivity index (χ1) is 15.3. The number of halogens is 3. The number of rotatable bonds is 7. The number of anilines is 1. The maximum Gasteiger partial charge on any atom is 0.416 e. The standard InChI is InChI=1S/C23H26F3N3O3/c24-23(25,26)18-8-10-19(11-9-18)28-22(31)21(30)27-12-4-5-13-29-14-15-32-20(16-29)17-6-2-1-3-7-17/h1-3,6-11,20H,4-5,12-16H2,(H,27,30)(H,28,31)/t20-/m0/s1. The number of morpholine rings is 1. The summed E-state index contributed by atoms with van der Waals surface area (Å²) in [5.41, 5.74) is 0.456. The van der Waals surface area contributed by atoms with Gasteiger partial charge < -0.3 is 15.4 Å². The van der Waals surface area contributed by atoms with E-state index in [2.05, 4.69) is 27.7 Å². The Morgan fingerprint density at radius 1 is 1.00 bits per heavy atom. The maximum absolute atomic E-state index is 12.6. The van der Waals surface area contributed by atoms with Gasteiger partial charge in [0, 0.05) is 25.3 Å². The van der Waals surface area contributed by atoms with Crippen LogP contribution in [0.25, 0.3) is 0 Å². The largest absolute Gasteiger partial charge is 0.416 e. The zero-order valence-electron chi connectivity index (χ0n) is 17.5. The van der Waals surface area contributed by atoms with Crippen molar-refractivity contribution in [3.05, 3.63) is 65.7 Å². The molecule has 1 fully saturated rings. The molecule has 2 aromatic rings. The smallest absolute Gasteiger partial charge is 0.371 e. The monoisotopic (exact) mass is 449 g/mol. The fourth-order valence-corrected chi connectivity index (χ4v) is 3.45. The van der Waals surface area contributed by atoms with Crippen molar-refractivity contribution in [2.45, 2.75) is 25.1 Å². The molecule has 6 nitrogen and oxygen atoms in total. The maximum atomic E-state index is 12.6. The molecule has 0 spiro atoms. The van der Waals surface area contributed by atoms with E-state index in [1.165, 1.54) is 0 Å². The number of nitrogens with one attached hydrogen (secondary N) is 2. The lowest BCUT2D eigenvalue weighted by Crippen LogP contribution is -2.39. The Hall–Kier alpha value is -2.91. The molecule has 1 aliphatic heterocycles. The molecule has 1 heterocycles. The minimum atomic E-state index is -4.45. The zero-order chi connectivity index (χ0) is 23.0. The molecule has 0 aromatic heterocycles. The van der Waals surface area contributed by atoms with Gasteiger partial charge in [0.15, 0.2) is 0 Å². The lowest BCUT2D eigenvalue weighted by molar-refractivity contribution is -0.137. The Morgan fingerprint density at radius 3 is 2.41 bits per heavy atom. The Bertz CT molecular complexity index is 889. The van der Waals surface area contributed by atoms with Crippen LogP contribution in [0.5, 0.6) is 0 Å². The molecule has 0 bridgehead atoms. The molecule has 1 saturated heterocycles. The number of nitrogens with zero attached hydrogens (tertiary/aromatic N) is 1. The summed E-state index contributed by atoms with van der Waals surface area (Å²) >= 11 is 0. The molecule has 172 valence electrons. The van der Waals surface area contributed by atoms with Crippen LogP contribution >= 0.6 is 0 Å². The van der Waals surface area contributed by atoms with E-state index in [0.29, 0.717) is 19.6 Å². The molecule has 0 radical (unpaired) electrons. The van der Waals surface area contributed by atoms with Gasteiger partial charge in [0.1, 0.15) is 0 Å². The Morgan fingerprint density at radius 2 is 1.72 bits per heavy atom. The van der Waals surface area contributed by atoms with E-state index < -0.39 is 23.6 Å². The van der Waals surface area contributed by atoms with Gasteiger partial charge in [-0.1, -0.05) is 30.3 Å². The average molecular weight is 449 g/mol. The highest BCUT2D eigenvalue weighted by molar-refractivity contribution is 6.39. The summed E-state index contributed by atoms with van der Waals surface area (Å²) in [6, 6.07) is 14.0. The van der Waals surface area contributed by atoms with Crippen LogP contribution in [0.3, 0.4) is 0 Å². The fourth-order valence-electron chi connectivity index (χ4n) is 3.45. The molecular weight excluding hydrogens is 423 g/mol. The predicted molar refractivity (Wildman–Crippen MR) is 114 cm³/mol. The van der Waals surface area contributed by atoms with Crippen molar-refractivity contribution in [1.82, 2.24) is 10.2 Å². The summed E-state index contributed by atoms with van der Waals surface area (Å²) in [6.45, 7) is 3.53. The summed E-state index contributed by atoms with van der Waals surface area (Å²) in [6.07, 6.45) is -2.85. The van der Waals surface area contributed by atoms with Gasteiger partial charge in [0.25, 0.3) is 0 Å². The summed E-state index contributed by atoms with van der Waals surface area (Å²) in [7, 11) is 0. The van der Waals surface area contributed by atoms with Gasteiger partial charge in [-0.2, -0.15) is 13.2 Å². The molecule has 3 rings (SSSR count). The molecule has 0 aliphatic carbocycles. The third-order valence-electron chi connectivity index (χ3n) is 5.18. The third-order valence-corrected chi connectivity index (χ3v) is 5.18. The van der Waals surface area contributed by atoms with Gasteiger partial charge in [-0.25, -0.2) is 0 Å². The van der Waals surface area contributed by atoms with E-state index in [1.54, 1.807) is 0 Å². The van der Waals surface area contributed by atoms with Gasteiger partial charge in [0.2, 0.25) is 0 Å². The van der Waals surface area contributed by atoms with Crippen molar-refractivity contribution in [2.24, 2.45) is 0 Å². The quantitative estimate of drug-likeness (QED) is 0.501. The van der Waals surface area contributed by atoms with Crippen LogP contribution < -0.4 is 10.6 Å². The highest BCUT2D eigenvalue weighted by atomic mass is 19.4. The van der Waals surface area contributed by atoms with Gasteiger partial charge in [-0.15, -0.1) is 0 Å². The molecule has 2 N–H and O–H groups in total. The molecule has 1 atom stereocenters. The van der Waals surface area contributed by atoms with Crippen molar-refractivity contribution in [1.29, 1.82) is 0 Å². The number of unbranched alkanes of at least 4 members (excludes halogenated alkanes) is 1. The second-order valence-electron chi connectivity index (χ2n) is 7.56. The van der Waals surface area contributed by atoms with Crippen LogP contribution in [-0.4, -0.2) is 49.5 Å².